The Labute approximate surface area is 157 Å². The minimum Gasteiger partial charge on any atom is -0.497 e. The van der Waals surface area contributed by atoms with Gasteiger partial charge in [-0.25, -0.2) is 14.4 Å². The highest BCUT2D eigenvalue weighted by atomic mass is 32.1. The second kappa shape index (κ2) is 7.12. The largest absolute Gasteiger partial charge is 0.497 e. The summed E-state index contributed by atoms with van der Waals surface area (Å²) < 4.78 is 10.6. The van der Waals surface area contributed by atoms with Crippen molar-refractivity contribution >= 4 is 44.3 Å². The fraction of sp³-hybridized carbons (Fsp3) is 0.167. The van der Waals surface area contributed by atoms with Crippen molar-refractivity contribution in [3.05, 3.63) is 52.4 Å². The van der Waals surface area contributed by atoms with Crippen LogP contribution in [0.3, 0.4) is 0 Å². The second-order valence-corrected chi connectivity index (χ2v) is 6.73. The molecule has 2 aromatic heterocycles. The smallest absolute Gasteiger partial charge is 0.351 e. The molecule has 8 nitrogen and oxygen atoms in total. The third kappa shape index (κ3) is 3.49. The molecule has 0 saturated heterocycles. The van der Waals surface area contributed by atoms with Gasteiger partial charge in [-0.1, -0.05) is 0 Å². The number of aromatic carboxylic acids is 1. The summed E-state index contributed by atoms with van der Waals surface area (Å²) in [6.45, 7) is 0. The molecule has 3 rings (SSSR count). The van der Waals surface area contributed by atoms with Crippen LogP contribution in [0.2, 0.25) is 0 Å². The number of carboxylic acid groups (broad SMARTS) is 1. The summed E-state index contributed by atoms with van der Waals surface area (Å²) >= 11 is 1.16. The van der Waals surface area contributed by atoms with Crippen LogP contribution >= 0.6 is 11.3 Å². The Balaban J connectivity index is 1.89. The van der Waals surface area contributed by atoms with Crippen molar-refractivity contribution in [3.63, 3.8) is 0 Å². The Hall–Kier alpha value is -3.33. The highest BCUT2D eigenvalue weighted by Crippen LogP contribution is 2.32. The molecule has 1 aromatic carbocycles. The van der Waals surface area contributed by atoms with Gasteiger partial charge in [0.1, 0.15) is 16.3 Å². The maximum Gasteiger partial charge on any atom is 0.351 e. The summed E-state index contributed by atoms with van der Waals surface area (Å²) in [5.41, 5.74) is -0.464. The minimum absolute atomic E-state index is 0.233. The van der Waals surface area contributed by atoms with E-state index in [1.807, 2.05) is 0 Å². The average Bonchev–Trinajstić information content (AvgIpc) is 3.08. The molecule has 0 radical (unpaired) electrons. The number of rotatable bonds is 4. The zero-order valence-corrected chi connectivity index (χ0v) is 15.6. The number of carbonyl (C=O) groups excluding carboxylic acids is 1. The molecule has 9 heteroatoms. The number of hydrogen-bond acceptors (Lipinski definition) is 6. The van der Waals surface area contributed by atoms with E-state index in [1.54, 1.807) is 45.5 Å². The molecule has 27 heavy (non-hydrogen) atoms. The molecule has 0 aliphatic carbocycles. The van der Waals surface area contributed by atoms with Gasteiger partial charge in [-0.3, -0.25) is 9.80 Å². The number of urea groups is 1. The fourth-order valence-corrected chi connectivity index (χ4v) is 3.44. The van der Waals surface area contributed by atoms with Crippen molar-refractivity contribution in [2.45, 2.75) is 0 Å². The van der Waals surface area contributed by atoms with Crippen molar-refractivity contribution in [2.75, 3.05) is 31.0 Å². The van der Waals surface area contributed by atoms with Crippen LogP contribution < -0.4 is 20.2 Å². The molecule has 0 spiro atoms. The predicted octanol–water partition coefficient (Wildman–Crippen LogP) is 3.25. The van der Waals surface area contributed by atoms with Crippen LogP contribution in [0.15, 0.2) is 45.6 Å². The Morgan fingerprint density at radius 2 is 1.78 bits per heavy atom. The Morgan fingerprint density at radius 3 is 2.37 bits per heavy atom. The van der Waals surface area contributed by atoms with Gasteiger partial charge in [-0.15, -0.1) is 11.3 Å². The first-order valence-corrected chi connectivity index (χ1v) is 8.60. The summed E-state index contributed by atoms with van der Waals surface area (Å²) in [6.07, 6.45) is 0. The van der Waals surface area contributed by atoms with Gasteiger partial charge in [-0.05, 0) is 30.3 Å². The number of carbonyl (C=O) groups is 2. The first-order chi connectivity index (χ1) is 12.8. The summed E-state index contributed by atoms with van der Waals surface area (Å²) in [6, 6.07) is 9.49. The van der Waals surface area contributed by atoms with E-state index in [0.717, 1.165) is 11.3 Å². The number of fused-ring (bicyclic) bond motifs is 1. The van der Waals surface area contributed by atoms with Crippen LogP contribution in [0.25, 0.3) is 10.3 Å². The number of methoxy groups -OCH3 is 1. The molecule has 2 heterocycles. The van der Waals surface area contributed by atoms with Gasteiger partial charge in [-0.2, -0.15) is 0 Å². The monoisotopic (exact) mass is 388 g/mol. The topological polar surface area (TPSA) is 100 Å². The lowest BCUT2D eigenvalue weighted by atomic mass is 10.3. The van der Waals surface area contributed by atoms with Crippen LogP contribution in [0.1, 0.15) is 10.4 Å². The van der Waals surface area contributed by atoms with Gasteiger partial charge >= 0.3 is 17.6 Å². The lowest BCUT2D eigenvalue weighted by Crippen LogP contribution is -2.38. The van der Waals surface area contributed by atoms with Gasteiger partial charge in [0, 0.05) is 25.8 Å². The quantitative estimate of drug-likeness (QED) is 0.736. The van der Waals surface area contributed by atoms with Gasteiger partial charge in [0.2, 0.25) is 0 Å². The van der Waals surface area contributed by atoms with E-state index >= 15 is 0 Å². The van der Waals surface area contributed by atoms with Gasteiger partial charge in [0.05, 0.1) is 11.8 Å². The number of amides is 2. The number of nitrogens with zero attached hydrogens (tertiary/aromatic N) is 2. The highest BCUT2D eigenvalue weighted by Gasteiger charge is 2.21. The SMILES string of the molecule is COc1ccc(N(C)C(=O)N(C)c2cc3oc(=O)c(C(=O)O)cc3s2)cc1. The van der Waals surface area contributed by atoms with E-state index in [0.29, 0.717) is 21.1 Å². The molecule has 0 atom stereocenters. The highest BCUT2D eigenvalue weighted by molar-refractivity contribution is 7.22. The number of hydrogen-bond donors (Lipinski definition) is 1. The third-order valence-electron chi connectivity index (χ3n) is 4.00. The van der Waals surface area contributed by atoms with E-state index in [-0.39, 0.29) is 11.6 Å². The number of benzene rings is 1. The molecule has 0 aliphatic rings. The third-order valence-corrected chi connectivity index (χ3v) is 5.14. The summed E-state index contributed by atoms with van der Waals surface area (Å²) in [5.74, 6) is -0.675. The van der Waals surface area contributed by atoms with E-state index in [4.69, 9.17) is 14.3 Å². The lowest BCUT2D eigenvalue weighted by molar-refractivity contribution is 0.0692. The van der Waals surface area contributed by atoms with Crippen molar-refractivity contribution in [2.24, 2.45) is 0 Å². The maximum absolute atomic E-state index is 12.8. The van der Waals surface area contributed by atoms with Crippen molar-refractivity contribution < 1.29 is 23.8 Å². The number of ether oxygens (including phenoxy) is 1. The normalized spacial score (nSPS) is 10.6. The standard InChI is InChI=1S/C18H16N2O6S/c1-19(10-4-6-11(25-3)7-5-10)18(24)20(2)15-9-13-14(27-15)8-12(16(21)22)17(23)26-13/h4-9H,1-3H3,(H,21,22). The van der Waals surface area contributed by atoms with Crippen molar-refractivity contribution in [1.82, 2.24) is 0 Å². The van der Waals surface area contributed by atoms with Crippen LogP contribution in [0.5, 0.6) is 5.75 Å². The molecular formula is C18H16N2O6S. The summed E-state index contributed by atoms with van der Waals surface area (Å²) in [7, 11) is 4.78. The summed E-state index contributed by atoms with van der Waals surface area (Å²) in [4.78, 5) is 38.4. The lowest BCUT2D eigenvalue weighted by Gasteiger charge is -2.24. The fourth-order valence-electron chi connectivity index (χ4n) is 2.45. The molecule has 2 amide bonds. The van der Waals surface area contributed by atoms with E-state index in [9.17, 15) is 14.4 Å². The summed E-state index contributed by atoms with van der Waals surface area (Å²) in [5, 5.41) is 9.54. The van der Waals surface area contributed by atoms with Crippen LogP contribution in [-0.2, 0) is 0 Å². The molecule has 1 N–H and O–H groups in total. The van der Waals surface area contributed by atoms with Crippen LogP contribution in [0, 0.1) is 0 Å². The van der Waals surface area contributed by atoms with Crippen LogP contribution in [0.4, 0.5) is 15.5 Å². The van der Waals surface area contributed by atoms with Crippen molar-refractivity contribution in [3.8, 4) is 5.75 Å². The maximum atomic E-state index is 12.8. The van der Waals surface area contributed by atoms with Gasteiger partial charge in [0.25, 0.3) is 0 Å². The molecular weight excluding hydrogens is 372 g/mol. The number of carboxylic acids is 1. The Bertz CT molecular complexity index is 1070. The molecule has 0 fully saturated rings. The molecule has 3 aromatic rings. The first kappa shape index (κ1) is 18.5. The van der Waals surface area contributed by atoms with E-state index in [2.05, 4.69) is 0 Å². The number of thiophene rings is 1. The predicted molar refractivity (Wildman–Crippen MR) is 103 cm³/mol. The molecule has 0 unspecified atom stereocenters. The van der Waals surface area contributed by atoms with E-state index < -0.39 is 17.2 Å². The molecule has 0 saturated carbocycles. The average molecular weight is 388 g/mol. The Morgan fingerprint density at radius 1 is 1.11 bits per heavy atom. The van der Waals surface area contributed by atoms with E-state index in [1.165, 1.54) is 21.9 Å². The van der Waals surface area contributed by atoms with Crippen LogP contribution in [-0.4, -0.2) is 38.3 Å². The molecule has 0 bridgehead atoms. The number of anilines is 2. The first-order valence-electron chi connectivity index (χ1n) is 7.78. The second-order valence-electron chi connectivity index (χ2n) is 5.66. The molecule has 0 aliphatic heterocycles. The van der Waals surface area contributed by atoms with Gasteiger partial charge in [0.15, 0.2) is 5.58 Å². The molecule has 140 valence electrons. The Kier molecular flexibility index (Phi) is 4.87. The van der Waals surface area contributed by atoms with Gasteiger partial charge < -0.3 is 14.3 Å². The van der Waals surface area contributed by atoms with Crippen molar-refractivity contribution in [1.29, 1.82) is 0 Å². The minimum atomic E-state index is -1.36. The zero-order valence-electron chi connectivity index (χ0n) is 14.8. The zero-order chi connectivity index (χ0) is 19.7.